The number of benzene rings is 1. The molecule has 0 bridgehead atoms. The molecule has 0 atom stereocenters. The molecule has 1 aromatic heterocycles. The van der Waals surface area contributed by atoms with Crippen LogP contribution in [0.3, 0.4) is 0 Å². The van der Waals surface area contributed by atoms with E-state index in [4.69, 9.17) is 9.47 Å². The summed E-state index contributed by atoms with van der Waals surface area (Å²) >= 11 is 3.47. The maximum Gasteiger partial charge on any atom is 0.270 e. The van der Waals surface area contributed by atoms with Gasteiger partial charge in [-0.1, -0.05) is 18.7 Å². The minimum Gasteiger partial charge on any atom is -0.490 e. The molecule has 0 aliphatic rings. The van der Waals surface area contributed by atoms with Crippen LogP contribution in [0.2, 0.25) is 0 Å². The fourth-order valence-corrected chi connectivity index (χ4v) is 3.31. The van der Waals surface area contributed by atoms with Crippen molar-refractivity contribution in [3.63, 3.8) is 0 Å². The van der Waals surface area contributed by atoms with Gasteiger partial charge in [-0.05, 0) is 54.3 Å². The Hall–Kier alpha value is -1.73. The molecule has 0 aliphatic heterocycles. The molecule has 2 aromatic rings. The summed E-state index contributed by atoms with van der Waals surface area (Å²) in [5.74, 6) is 1.25. The van der Waals surface area contributed by atoms with E-state index in [0.29, 0.717) is 41.1 Å². The topological polar surface area (TPSA) is 88.0 Å². The summed E-state index contributed by atoms with van der Waals surface area (Å²) in [4.78, 5) is 19.1. The Morgan fingerprint density at radius 1 is 1.36 bits per heavy atom. The predicted octanol–water partition coefficient (Wildman–Crippen LogP) is 3.82. The monoisotopic (exact) mass is 471 g/mol. The first-order chi connectivity index (χ1) is 12.0. The van der Waals surface area contributed by atoms with Crippen LogP contribution >= 0.6 is 34.4 Å². The molecule has 0 spiro atoms. The molecular formula is C17H18IN3O3S. The van der Waals surface area contributed by atoms with Crippen LogP contribution in [0.1, 0.15) is 25.8 Å². The van der Waals surface area contributed by atoms with Gasteiger partial charge >= 0.3 is 0 Å². The van der Waals surface area contributed by atoms with Crippen molar-refractivity contribution in [3.8, 4) is 28.8 Å². The van der Waals surface area contributed by atoms with Crippen molar-refractivity contribution in [3.05, 3.63) is 31.6 Å². The van der Waals surface area contributed by atoms with E-state index in [1.54, 1.807) is 6.07 Å². The van der Waals surface area contributed by atoms with E-state index in [1.807, 2.05) is 32.2 Å². The Bertz CT molecular complexity index is 861. The van der Waals surface area contributed by atoms with Crippen LogP contribution in [0.25, 0.3) is 11.3 Å². The lowest BCUT2D eigenvalue weighted by Crippen LogP contribution is -2.14. The van der Waals surface area contributed by atoms with E-state index in [-0.39, 0.29) is 5.56 Å². The average Bonchev–Trinajstić information content (AvgIpc) is 2.60. The quantitative estimate of drug-likeness (QED) is 0.375. The smallest absolute Gasteiger partial charge is 0.270 e. The lowest BCUT2D eigenvalue weighted by atomic mass is 10.1. The third-order valence-corrected chi connectivity index (χ3v) is 4.62. The van der Waals surface area contributed by atoms with Crippen LogP contribution in [0.15, 0.2) is 22.1 Å². The van der Waals surface area contributed by atoms with Crippen LogP contribution < -0.4 is 15.0 Å². The first kappa shape index (κ1) is 19.6. The molecule has 8 heteroatoms. The molecule has 0 amide bonds. The zero-order valence-electron chi connectivity index (χ0n) is 14.2. The molecule has 0 radical (unpaired) electrons. The number of aromatic nitrogens is 2. The van der Waals surface area contributed by atoms with Crippen LogP contribution in [0.4, 0.5) is 0 Å². The summed E-state index contributed by atoms with van der Waals surface area (Å²) in [7, 11) is 0. The van der Waals surface area contributed by atoms with Gasteiger partial charge in [-0.15, -0.1) is 0 Å². The van der Waals surface area contributed by atoms with Crippen molar-refractivity contribution in [2.45, 2.75) is 25.4 Å². The van der Waals surface area contributed by atoms with E-state index in [9.17, 15) is 10.1 Å². The normalized spacial score (nSPS) is 10.4. The van der Waals surface area contributed by atoms with Crippen molar-refractivity contribution in [2.24, 2.45) is 0 Å². The first-order valence-electron chi connectivity index (χ1n) is 7.73. The van der Waals surface area contributed by atoms with Crippen LogP contribution in [0.5, 0.6) is 11.5 Å². The van der Waals surface area contributed by atoms with Gasteiger partial charge in [0.1, 0.15) is 11.6 Å². The molecule has 1 N–H and O–H groups in total. The molecule has 0 saturated carbocycles. The maximum atomic E-state index is 12.1. The second-order valence-electron chi connectivity index (χ2n) is 4.98. The number of halogens is 1. The highest BCUT2D eigenvalue weighted by molar-refractivity contribution is 14.1. The number of thioether (sulfide) groups is 1. The van der Waals surface area contributed by atoms with Gasteiger partial charge in [-0.25, -0.2) is 4.98 Å². The van der Waals surface area contributed by atoms with E-state index in [1.165, 1.54) is 11.8 Å². The highest BCUT2D eigenvalue weighted by Gasteiger charge is 2.18. The first-order valence-corrected chi connectivity index (χ1v) is 10.0. The second kappa shape index (κ2) is 9.10. The summed E-state index contributed by atoms with van der Waals surface area (Å²) < 4.78 is 12.3. The van der Waals surface area contributed by atoms with Gasteiger partial charge in [0.15, 0.2) is 16.7 Å². The number of ether oxygens (including phenoxy) is 2. The molecule has 0 fully saturated rings. The molecule has 25 heavy (non-hydrogen) atoms. The number of hydrogen-bond donors (Lipinski definition) is 1. The predicted molar refractivity (Wildman–Crippen MR) is 106 cm³/mol. The Morgan fingerprint density at radius 2 is 2.12 bits per heavy atom. The number of H-pyrrole nitrogens is 1. The average molecular weight is 471 g/mol. The minimum atomic E-state index is -0.448. The molecule has 2 rings (SSSR count). The zero-order chi connectivity index (χ0) is 18.4. The molecule has 132 valence electrons. The molecule has 0 unspecified atom stereocenters. The Morgan fingerprint density at radius 3 is 2.72 bits per heavy atom. The number of nitrogens with one attached hydrogen (secondary N) is 1. The molecule has 1 heterocycles. The SMILES string of the molecule is CCCOc1c(I)cc(-c2nc(SC)[nH]c(=O)c2C#N)cc1OCC. The Balaban J connectivity index is 2.66. The third kappa shape index (κ3) is 4.46. The van der Waals surface area contributed by atoms with Gasteiger partial charge in [-0.2, -0.15) is 5.26 Å². The number of nitriles is 1. The lowest BCUT2D eigenvalue weighted by molar-refractivity contribution is 0.275. The van der Waals surface area contributed by atoms with Gasteiger partial charge in [0.2, 0.25) is 0 Å². The van der Waals surface area contributed by atoms with Crippen molar-refractivity contribution in [2.75, 3.05) is 19.5 Å². The maximum absolute atomic E-state index is 12.1. The minimum absolute atomic E-state index is 0.0155. The Kier molecular flexibility index (Phi) is 7.13. The molecule has 0 aliphatic carbocycles. The van der Waals surface area contributed by atoms with Crippen molar-refractivity contribution >= 4 is 34.4 Å². The van der Waals surface area contributed by atoms with Gasteiger partial charge in [0.25, 0.3) is 5.56 Å². The van der Waals surface area contributed by atoms with E-state index < -0.39 is 5.56 Å². The molecular weight excluding hydrogens is 453 g/mol. The second-order valence-corrected chi connectivity index (χ2v) is 6.93. The van der Waals surface area contributed by atoms with E-state index in [2.05, 4.69) is 32.6 Å². The number of nitrogens with zero attached hydrogens (tertiary/aromatic N) is 2. The van der Waals surface area contributed by atoms with Crippen LogP contribution in [-0.4, -0.2) is 29.4 Å². The molecule has 6 nitrogen and oxygen atoms in total. The van der Waals surface area contributed by atoms with E-state index >= 15 is 0 Å². The number of aromatic amines is 1. The van der Waals surface area contributed by atoms with Crippen LogP contribution in [0, 0.1) is 14.9 Å². The van der Waals surface area contributed by atoms with Gasteiger partial charge < -0.3 is 14.5 Å². The summed E-state index contributed by atoms with van der Waals surface area (Å²) in [6.07, 6.45) is 2.69. The summed E-state index contributed by atoms with van der Waals surface area (Å²) in [6, 6.07) is 5.56. The summed E-state index contributed by atoms with van der Waals surface area (Å²) in [5.41, 5.74) is 0.528. The van der Waals surface area contributed by atoms with Crippen molar-refractivity contribution in [1.82, 2.24) is 9.97 Å². The van der Waals surface area contributed by atoms with Gasteiger partial charge in [-0.3, -0.25) is 4.79 Å². The van der Waals surface area contributed by atoms with Gasteiger partial charge in [0.05, 0.1) is 22.5 Å². The van der Waals surface area contributed by atoms with E-state index in [0.717, 1.165) is 9.99 Å². The number of rotatable bonds is 7. The van der Waals surface area contributed by atoms with Crippen molar-refractivity contribution < 1.29 is 9.47 Å². The lowest BCUT2D eigenvalue weighted by Gasteiger charge is -2.15. The number of hydrogen-bond acceptors (Lipinski definition) is 6. The molecule has 0 saturated heterocycles. The fraction of sp³-hybridized carbons (Fsp3) is 0.353. The Labute approximate surface area is 164 Å². The zero-order valence-corrected chi connectivity index (χ0v) is 17.2. The highest BCUT2D eigenvalue weighted by atomic mass is 127. The largest absolute Gasteiger partial charge is 0.490 e. The van der Waals surface area contributed by atoms with Crippen molar-refractivity contribution in [1.29, 1.82) is 5.26 Å². The standard InChI is InChI=1S/C17H18IN3O3S/c1-4-6-24-15-12(18)7-10(8-13(15)23-5-2)14-11(9-19)16(22)21-17(20-14)25-3/h7-8H,4-6H2,1-3H3,(H,20,21,22). The fourth-order valence-electron chi connectivity index (χ4n) is 2.17. The summed E-state index contributed by atoms with van der Waals surface area (Å²) in [6.45, 7) is 4.98. The van der Waals surface area contributed by atoms with Gasteiger partial charge in [0, 0.05) is 5.56 Å². The third-order valence-electron chi connectivity index (χ3n) is 3.24. The van der Waals surface area contributed by atoms with Crippen LogP contribution in [-0.2, 0) is 0 Å². The molecule has 1 aromatic carbocycles. The highest BCUT2D eigenvalue weighted by Crippen LogP contribution is 2.37. The summed E-state index contributed by atoms with van der Waals surface area (Å²) in [5, 5.41) is 9.82.